The largest absolute Gasteiger partial charge is 0.454 e. The van der Waals surface area contributed by atoms with E-state index in [2.05, 4.69) is 26.1 Å². The summed E-state index contributed by atoms with van der Waals surface area (Å²) in [7, 11) is 0. The van der Waals surface area contributed by atoms with Gasteiger partial charge in [0, 0.05) is 10.5 Å². The van der Waals surface area contributed by atoms with Crippen molar-refractivity contribution >= 4 is 39.1 Å². The van der Waals surface area contributed by atoms with Gasteiger partial charge in [-0.1, -0.05) is 39.1 Å². The summed E-state index contributed by atoms with van der Waals surface area (Å²) in [4.78, 5) is 0. The summed E-state index contributed by atoms with van der Waals surface area (Å²) in [5, 5.41) is 7.68. The standard InChI is InChI=1S/C11H7BrCl2N2O/c1-6-4-7(2-3-8(6)12)17-9-5-10(13)15-16-11(9)14/h2-5H,1H3. The van der Waals surface area contributed by atoms with Crippen molar-refractivity contribution in [2.24, 2.45) is 0 Å². The number of aryl methyl sites for hydroxylation is 1. The van der Waals surface area contributed by atoms with Gasteiger partial charge in [0.15, 0.2) is 16.1 Å². The summed E-state index contributed by atoms with van der Waals surface area (Å²) in [5.74, 6) is 1.05. The van der Waals surface area contributed by atoms with Crippen molar-refractivity contribution < 1.29 is 4.74 Å². The van der Waals surface area contributed by atoms with Crippen LogP contribution in [0.2, 0.25) is 10.3 Å². The number of hydrogen-bond acceptors (Lipinski definition) is 3. The van der Waals surface area contributed by atoms with Gasteiger partial charge in [-0.3, -0.25) is 0 Å². The van der Waals surface area contributed by atoms with Crippen LogP contribution < -0.4 is 4.74 Å². The van der Waals surface area contributed by atoms with Crippen LogP contribution in [0, 0.1) is 6.92 Å². The van der Waals surface area contributed by atoms with Crippen LogP contribution in [0.4, 0.5) is 0 Å². The van der Waals surface area contributed by atoms with Gasteiger partial charge in [0.05, 0.1) is 0 Å². The van der Waals surface area contributed by atoms with E-state index in [9.17, 15) is 0 Å². The minimum atomic E-state index is 0.176. The number of halogens is 3. The van der Waals surface area contributed by atoms with Crippen molar-refractivity contribution in [2.75, 3.05) is 0 Å². The first kappa shape index (κ1) is 12.6. The Labute approximate surface area is 117 Å². The molecule has 17 heavy (non-hydrogen) atoms. The average molecular weight is 334 g/mol. The second-order valence-electron chi connectivity index (χ2n) is 3.34. The summed E-state index contributed by atoms with van der Waals surface area (Å²) < 4.78 is 6.60. The molecule has 0 spiro atoms. The Morgan fingerprint density at radius 3 is 2.65 bits per heavy atom. The van der Waals surface area contributed by atoms with Gasteiger partial charge in [-0.25, -0.2) is 0 Å². The lowest BCUT2D eigenvalue weighted by Crippen LogP contribution is -1.91. The van der Waals surface area contributed by atoms with Gasteiger partial charge in [-0.05, 0) is 30.7 Å². The molecule has 0 atom stereocenters. The summed E-state index contributed by atoms with van der Waals surface area (Å²) in [5.41, 5.74) is 1.06. The fourth-order valence-corrected chi connectivity index (χ4v) is 1.73. The van der Waals surface area contributed by atoms with Crippen LogP contribution in [0.5, 0.6) is 11.5 Å². The predicted octanol–water partition coefficient (Wildman–Crippen LogP) is 4.65. The Bertz CT molecular complexity index is 563. The minimum absolute atomic E-state index is 0.176. The van der Waals surface area contributed by atoms with Crippen molar-refractivity contribution in [3.63, 3.8) is 0 Å². The number of aromatic nitrogens is 2. The van der Waals surface area contributed by atoms with Crippen LogP contribution in [0.25, 0.3) is 0 Å². The van der Waals surface area contributed by atoms with Gasteiger partial charge in [0.25, 0.3) is 0 Å². The number of nitrogens with zero attached hydrogens (tertiary/aromatic N) is 2. The lowest BCUT2D eigenvalue weighted by atomic mass is 10.2. The molecule has 88 valence electrons. The zero-order chi connectivity index (χ0) is 12.4. The van der Waals surface area contributed by atoms with E-state index in [1.807, 2.05) is 25.1 Å². The van der Waals surface area contributed by atoms with Gasteiger partial charge in [-0.2, -0.15) is 0 Å². The van der Waals surface area contributed by atoms with Crippen molar-refractivity contribution in [2.45, 2.75) is 6.92 Å². The Morgan fingerprint density at radius 2 is 1.94 bits per heavy atom. The van der Waals surface area contributed by atoms with Crippen molar-refractivity contribution in [1.82, 2.24) is 10.2 Å². The molecular formula is C11H7BrCl2N2O. The molecule has 1 heterocycles. The van der Waals surface area contributed by atoms with Crippen LogP contribution in [0.3, 0.4) is 0 Å². The minimum Gasteiger partial charge on any atom is -0.454 e. The van der Waals surface area contributed by atoms with E-state index in [0.29, 0.717) is 11.5 Å². The first-order valence-corrected chi connectivity index (χ1v) is 6.24. The SMILES string of the molecule is Cc1cc(Oc2cc(Cl)nnc2Cl)ccc1Br. The van der Waals surface area contributed by atoms with Crippen LogP contribution in [-0.4, -0.2) is 10.2 Å². The van der Waals surface area contributed by atoms with Crippen molar-refractivity contribution in [1.29, 1.82) is 0 Å². The lowest BCUT2D eigenvalue weighted by Gasteiger charge is -2.08. The summed E-state index contributed by atoms with van der Waals surface area (Å²) in [6, 6.07) is 7.12. The van der Waals surface area contributed by atoms with Gasteiger partial charge >= 0.3 is 0 Å². The monoisotopic (exact) mass is 332 g/mol. The van der Waals surface area contributed by atoms with Gasteiger partial charge in [-0.15, -0.1) is 10.2 Å². The smallest absolute Gasteiger partial charge is 0.194 e. The highest BCUT2D eigenvalue weighted by molar-refractivity contribution is 9.10. The van der Waals surface area contributed by atoms with Gasteiger partial charge < -0.3 is 4.74 Å². The molecule has 0 saturated heterocycles. The normalized spacial score (nSPS) is 10.4. The lowest BCUT2D eigenvalue weighted by molar-refractivity contribution is 0.478. The third-order valence-electron chi connectivity index (χ3n) is 2.04. The number of rotatable bonds is 2. The second kappa shape index (κ2) is 5.21. The molecule has 0 radical (unpaired) electrons. The van der Waals surface area contributed by atoms with Crippen LogP contribution in [0.15, 0.2) is 28.7 Å². The number of ether oxygens (including phenoxy) is 1. The van der Waals surface area contributed by atoms with E-state index in [1.165, 1.54) is 6.07 Å². The molecule has 0 aliphatic rings. The molecule has 6 heteroatoms. The fraction of sp³-hybridized carbons (Fsp3) is 0.0909. The summed E-state index contributed by atoms with van der Waals surface area (Å²) in [6.07, 6.45) is 0. The zero-order valence-electron chi connectivity index (χ0n) is 8.75. The van der Waals surface area contributed by atoms with E-state index in [1.54, 1.807) is 0 Å². The highest BCUT2D eigenvalue weighted by Crippen LogP contribution is 2.30. The number of benzene rings is 1. The first-order chi connectivity index (χ1) is 8.06. The highest BCUT2D eigenvalue weighted by Gasteiger charge is 2.07. The topological polar surface area (TPSA) is 35.0 Å². The molecule has 0 fully saturated rings. The van der Waals surface area contributed by atoms with E-state index in [0.717, 1.165) is 10.0 Å². The van der Waals surface area contributed by atoms with Crippen molar-refractivity contribution in [3.05, 3.63) is 44.6 Å². The summed E-state index contributed by atoms with van der Waals surface area (Å²) in [6.45, 7) is 1.97. The third-order valence-corrected chi connectivity index (χ3v) is 3.38. The molecular weight excluding hydrogens is 327 g/mol. The molecule has 1 aromatic heterocycles. The molecule has 0 aliphatic carbocycles. The van der Waals surface area contributed by atoms with Crippen LogP contribution in [-0.2, 0) is 0 Å². The molecule has 0 N–H and O–H groups in total. The Balaban J connectivity index is 2.31. The maximum atomic E-state index is 5.85. The predicted molar refractivity (Wildman–Crippen MR) is 71.0 cm³/mol. The summed E-state index contributed by atoms with van der Waals surface area (Å²) >= 11 is 15.0. The first-order valence-electron chi connectivity index (χ1n) is 4.69. The van der Waals surface area contributed by atoms with E-state index in [-0.39, 0.29) is 10.3 Å². The van der Waals surface area contributed by atoms with Crippen LogP contribution >= 0.6 is 39.1 Å². The van der Waals surface area contributed by atoms with E-state index in [4.69, 9.17) is 27.9 Å². The highest BCUT2D eigenvalue weighted by atomic mass is 79.9. The van der Waals surface area contributed by atoms with Crippen LogP contribution in [0.1, 0.15) is 5.56 Å². The maximum absolute atomic E-state index is 5.85. The Hall–Kier alpha value is -0.840. The van der Waals surface area contributed by atoms with E-state index < -0.39 is 0 Å². The fourth-order valence-electron chi connectivity index (χ4n) is 1.22. The molecule has 2 rings (SSSR count). The quantitative estimate of drug-likeness (QED) is 0.802. The second-order valence-corrected chi connectivity index (χ2v) is 4.93. The zero-order valence-corrected chi connectivity index (χ0v) is 11.8. The molecule has 3 nitrogen and oxygen atoms in total. The molecule has 0 saturated carbocycles. The Kier molecular flexibility index (Phi) is 3.86. The third kappa shape index (κ3) is 3.09. The molecule has 0 unspecified atom stereocenters. The molecule has 0 aliphatic heterocycles. The maximum Gasteiger partial charge on any atom is 0.194 e. The average Bonchev–Trinajstić information content (AvgIpc) is 2.29. The van der Waals surface area contributed by atoms with Gasteiger partial charge in [0.1, 0.15) is 5.75 Å². The number of hydrogen-bond donors (Lipinski definition) is 0. The molecule has 1 aromatic carbocycles. The molecule has 2 aromatic rings. The Morgan fingerprint density at radius 1 is 1.18 bits per heavy atom. The van der Waals surface area contributed by atoms with Gasteiger partial charge in [0.2, 0.25) is 0 Å². The van der Waals surface area contributed by atoms with E-state index >= 15 is 0 Å². The molecule has 0 bridgehead atoms. The van der Waals surface area contributed by atoms with Crippen molar-refractivity contribution in [3.8, 4) is 11.5 Å². The molecule has 0 amide bonds.